The Morgan fingerprint density at radius 3 is 2.84 bits per heavy atom. The Morgan fingerprint density at radius 2 is 2.00 bits per heavy atom. The van der Waals surface area contributed by atoms with Crippen molar-refractivity contribution >= 4 is 0 Å². The molecule has 0 amide bonds. The fourth-order valence-electron chi connectivity index (χ4n) is 4.38. The number of rotatable bonds is 6. The van der Waals surface area contributed by atoms with Crippen molar-refractivity contribution in [1.82, 2.24) is 9.88 Å². The van der Waals surface area contributed by atoms with Crippen LogP contribution < -0.4 is 0 Å². The number of fused-ring (bicyclic) bond motifs is 1. The van der Waals surface area contributed by atoms with Crippen molar-refractivity contribution in [2.45, 2.75) is 56.9 Å². The number of hydrogen-bond acceptors (Lipinski definition) is 5. The molecule has 3 atom stereocenters. The predicted molar refractivity (Wildman–Crippen MR) is 95.3 cm³/mol. The van der Waals surface area contributed by atoms with E-state index >= 15 is 0 Å². The zero-order valence-electron chi connectivity index (χ0n) is 15.0. The molecule has 5 nitrogen and oxygen atoms in total. The van der Waals surface area contributed by atoms with E-state index < -0.39 is 0 Å². The van der Waals surface area contributed by atoms with E-state index in [-0.39, 0.29) is 6.10 Å². The van der Waals surface area contributed by atoms with Gasteiger partial charge in [0, 0.05) is 45.1 Å². The van der Waals surface area contributed by atoms with Crippen molar-refractivity contribution in [2.75, 3.05) is 33.0 Å². The summed E-state index contributed by atoms with van der Waals surface area (Å²) >= 11 is 0. The largest absolute Gasteiger partial charge is 0.381 e. The predicted octanol–water partition coefficient (Wildman–Crippen LogP) is 2.65. The monoisotopic (exact) mass is 346 g/mol. The molecule has 0 N–H and O–H groups in total. The van der Waals surface area contributed by atoms with Gasteiger partial charge in [-0.15, -0.1) is 0 Å². The standard InChI is InChI=1S/C20H30N2O3/c1-2-9-21-17(3-1)13-22-10-6-20-19(22)5-4-18(25-20)15-24-14-16-7-11-23-12-8-16/h1-3,9,16,18-20H,4-8,10-15H2/t18-,19+,20+/m1/s1. The van der Waals surface area contributed by atoms with Crippen molar-refractivity contribution < 1.29 is 14.2 Å². The van der Waals surface area contributed by atoms with E-state index in [9.17, 15) is 0 Å². The molecule has 0 spiro atoms. The summed E-state index contributed by atoms with van der Waals surface area (Å²) in [5, 5.41) is 0. The molecular weight excluding hydrogens is 316 g/mol. The molecule has 0 aromatic carbocycles. The van der Waals surface area contributed by atoms with Gasteiger partial charge in [0.05, 0.1) is 24.5 Å². The maximum Gasteiger partial charge on any atom is 0.0813 e. The van der Waals surface area contributed by atoms with Crippen molar-refractivity contribution in [1.29, 1.82) is 0 Å². The molecule has 0 radical (unpaired) electrons. The first-order valence-electron chi connectivity index (χ1n) is 9.83. The molecule has 4 heterocycles. The SMILES string of the molecule is c1ccc(CN2CC[C@@H]3O[C@@H](COCC4CCOCC4)CC[C@@H]32)nc1. The lowest BCUT2D eigenvalue weighted by molar-refractivity contribution is -0.105. The van der Waals surface area contributed by atoms with Crippen LogP contribution in [0.5, 0.6) is 0 Å². The van der Waals surface area contributed by atoms with Gasteiger partial charge in [-0.3, -0.25) is 9.88 Å². The number of aromatic nitrogens is 1. The molecule has 25 heavy (non-hydrogen) atoms. The van der Waals surface area contributed by atoms with Gasteiger partial charge in [-0.1, -0.05) is 6.07 Å². The first-order chi connectivity index (χ1) is 12.4. The first-order valence-corrected chi connectivity index (χ1v) is 9.83. The van der Waals surface area contributed by atoms with Gasteiger partial charge in [-0.25, -0.2) is 0 Å². The maximum atomic E-state index is 6.36. The van der Waals surface area contributed by atoms with E-state index in [0.29, 0.717) is 18.1 Å². The minimum Gasteiger partial charge on any atom is -0.381 e. The highest BCUT2D eigenvalue weighted by molar-refractivity contribution is 5.05. The van der Waals surface area contributed by atoms with Gasteiger partial charge in [-0.2, -0.15) is 0 Å². The van der Waals surface area contributed by atoms with Crippen LogP contribution >= 0.6 is 0 Å². The molecule has 3 fully saturated rings. The van der Waals surface area contributed by atoms with E-state index in [1.54, 1.807) is 0 Å². The molecule has 5 heteroatoms. The zero-order chi connectivity index (χ0) is 16.9. The Bertz CT molecular complexity index is 521. The first kappa shape index (κ1) is 17.4. The van der Waals surface area contributed by atoms with Crippen molar-refractivity contribution in [3.05, 3.63) is 30.1 Å². The Balaban J connectivity index is 1.20. The van der Waals surface area contributed by atoms with Crippen LogP contribution in [0.3, 0.4) is 0 Å². The molecule has 0 saturated carbocycles. The van der Waals surface area contributed by atoms with E-state index in [2.05, 4.69) is 22.0 Å². The zero-order valence-corrected chi connectivity index (χ0v) is 15.0. The van der Waals surface area contributed by atoms with Gasteiger partial charge in [0.25, 0.3) is 0 Å². The second-order valence-electron chi connectivity index (χ2n) is 7.61. The van der Waals surface area contributed by atoms with Crippen LogP contribution in [-0.4, -0.2) is 61.1 Å². The van der Waals surface area contributed by atoms with Crippen LogP contribution in [0.25, 0.3) is 0 Å². The summed E-state index contributed by atoms with van der Waals surface area (Å²) in [6.07, 6.45) is 8.25. The van der Waals surface area contributed by atoms with Crippen LogP contribution in [0, 0.1) is 5.92 Å². The summed E-state index contributed by atoms with van der Waals surface area (Å²) in [5.41, 5.74) is 1.16. The topological polar surface area (TPSA) is 43.8 Å². The third kappa shape index (κ3) is 4.59. The average Bonchev–Trinajstić information content (AvgIpc) is 3.06. The third-order valence-electron chi connectivity index (χ3n) is 5.84. The molecule has 3 saturated heterocycles. The highest BCUT2D eigenvalue weighted by Gasteiger charge is 2.39. The Hall–Kier alpha value is -1.01. The van der Waals surface area contributed by atoms with Gasteiger partial charge in [0.1, 0.15) is 0 Å². The second-order valence-corrected chi connectivity index (χ2v) is 7.61. The molecular formula is C20H30N2O3. The Labute approximate surface area is 150 Å². The fraction of sp³-hybridized carbons (Fsp3) is 0.750. The number of likely N-dealkylation sites (tertiary alicyclic amines) is 1. The molecule has 138 valence electrons. The quantitative estimate of drug-likeness (QED) is 0.792. The lowest BCUT2D eigenvalue weighted by Gasteiger charge is -2.36. The van der Waals surface area contributed by atoms with Gasteiger partial charge in [0.2, 0.25) is 0 Å². The Kier molecular flexibility index (Phi) is 5.98. The average molecular weight is 346 g/mol. The third-order valence-corrected chi connectivity index (χ3v) is 5.84. The summed E-state index contributed by atoms with van der Waals surface area (Å²) in [5.74, 6) is 0.672. The summed E-state index contributed by atoms with van der Waals surface area (Å²) < 4.78 is 17.7. The van der Waals surface area contributed by atoms with Crippen molar-refractivity contribution in [2.24, 2.45) is 5.92 Å². The van der Waals surface area contributed by atoms with Gasteiger partial charge in [0.15, 0.2) is 0 Å². The van der Waals surface area contributed by atoms with Crippen molar-refractivity contribution in [3.8, 4) is 0 Å². The number of nitrogens with zero attached hydrogens (tertiary/aromatic N) is 2. The molecule has 1 aromatic rings. The molecule has 0 bridgehead atoms. The number of ether oxygens (including phenoxy) is 3. The van der Waals surface area contributed by atoms with Crippen molar-refractivity contribution in [3.63, 3.8) is 0 Å². The lowest BCUT2D eigenvalue weighted by Crippen LogP contribution is -2.43. The molecule has 4 rings (SSSR count). The molecule has 3 aliphatic rings. The van der Waals surface area contributed by atoms with Crippen LogP contribution in [-0.2, 0) is 20.8 Å². The van der Waals surface area contributed by atoms with Gasteiger partial charge >= 0.3 is 0 Å². The van der Waals surface area contributed by atoms with Crippen LogP contribution in [0.4, 0.5) is 0 Å². The van der Waals surface area contributed by atoms with Gasteiger partial charge in [-0.05, 0) is 50.2 Å². The summed E-state index contributed by atoms with van der Waals surface area (Å²) in [7, 11) is 0. The molecule has 1 aromatic heterocycles. The summed E-state index contributed by atoms with van der Waals surface area (Å²) in [6.45, 7) is 5.45. The molecule has 0 aliphatic carbocycles. The van der Waals surface area contributed by atoms with E-state index in [1.807, 2.05) is 12.3 Å². The van der Waals surface area contributed by atoms with E-state index in [1.165, 1.54) is 6.42 Å². The molecule has 3 aliphatic heterocycles. The Morgan fingerprint density at radius 1 is 1.08 bits per heavy atom. The smallest absolute Gasteiger partial charge is 0.0813 e. The fourth-order valence-corrected chi connectivity index (χ4v) is 4.38. The summed E-state index contributed by atoms with van der Waals surface area (Å²) in [4.78, 5) is 7.02. The van der Waals surface area contributed by atoms with Crippen LogP contribution in [0.1, 0.15) is 37.8 Å². The minimum atomic E-state index is 0.274. The maximum absolute atomic E-state index is 6.36. The normalized spacial score (nSPS) is 31.1. The lowest BCUT2D eigenvalue weighted by atomic mass is 9.99. The van der Waals surface area contributed by atoms with E-state index in [0.717, 1.165) is 70.9 Å². The van der Waals surface area contributed by atoms with E-state index in [4.69, 9.17) is 14.2 Å². The van der Waals surface area contributed by atoms with Crippen LogP contribution in [0.2, 0.25) is 0 Å². The minimum absolute atomic E-state index is 0.274. The number of hydrogen-bond donors (Lipinski definition) is 0. The highest BCUT2D eigenvalue weighted by Crippen LogP contribution is 2.32. The summed E-state index contributed by atoms with van der Waals surface area (Å²) in [6, 6.07) is 6.71. The molecule has 0 unspecified atom stereocenters. The van der Waals surface area contributed by atoms with Gasteiger partial charge < -0.3 is 14.2 Å². The van der Waals surface area contributed by atoms with Crippen LogP contribution in [0.15, 0.2) is 24.4 Å². The second kappa shape index (κ2) is 8.58. The number of pyridine rings is 1. The highest BCUT2D eigenvalue weighted by atomic mass is 16.5.